The van der Waals surface area contributed by atoms with Crippen LogP contribution in [0.5, 0.6) is 0 Å². The van der Waals surface area contributed by atoms with E-state index in [-0.39, 0.29) is 5.88 Å². The van der Waals surface area contributed by atoms with Crippen LogP contribution in [-0.4, -0.2) is 6.21 Å². The van der Waals surface area contributed by atoms with Gasteiger partial charge in [0.1, 0.15) is 17.4 Å². The number of aliphatic imine (C=N–C) groups is 1. The highest BCUT2D eigenvalue weighted by Gasteiger charge is 2.22. The Hall–Kier alpha value is -3.68. The maximum Gasteiger partial charge on any atom is 0.238 e. The zero-order valence-electron chi connectivity index (χ0n) is 16.0. The summed E-state index contributed by atoms with van der Waals surface area (Å²) in [6.07, 6.45) is 3.60. The quantitative estimate of drug-likeness (QED) is 0.292. The van der Waals surface area contributed by atoms with Crippen molar-refractivity contribution in [2.45, 2.75) is 0 Å². The van der Waals surface area contributed by atoms with Crippen molar-refractivity contribution in [1.29, 1.82) is 5.26 Å². The summed E-state index contributed by atoms with van der Waals surface area (Å²) in [4.78, 5) is 4.48. The molecule has 1 aromatic heterocycles. The van der Waals surface area contributed by atoms with Gasteiger partial charge in [-0.05, 0) is 33.1 Å². The topological polar surface area (TPSA) is 49.3 Å². The molecule has 3 nitrogen and oxygen atoms in total. The minimum Gasteiger partial charge on any atom is -0.436 e. The number of halogens is 1. The molecule has 1 heterocycles. The van der Waals surface area contributed by atoms with E-state index in [1.807, 2.05) is 97.1 Å². The number of furan rings is 1. The predicted molar refractivity (Wildman–Crippen MR) is 126 cm³/mol. The molecule has 0 fully saturated rings. The molecular formula is C26H17BrN2O. The predicted octanol–water partition coefficient (Wildman–Crippen LogP) is 7.62. The van der Waals surface area contributed by atoms with Crippen LogP contribution in [0.3, 0.4) is 0 Å². The van der Waals surface area contributed by atoms with E-state index in [2.05, 4.69) is 27.0 Å². The summed E-state index contributed by atoms with van der Waals surface area (Å²) in [7, 11) is 0. The van der Waals surface area contributed by atoms with Gasteiger partial charge in [-0.25, -0.2) is 4.99 Å². The van der Waals surface area contributed by atoms with Crippen LogP contribution in [0.25, 0.3) is 28.5 Å². The van der Waals surface area contributed by atoms with E-state index in [0.29, 0.717) is 11.3 Å². The molecule has 4 aromatic rings. The number of nitriles is 1. The number of benzene rings is 3. The van der Waals surface area contributed by atoms with E-state index in [4.69, 9.17) is 4.42 Å². The Balaban J connectivity index is 1.80. The number of hydrogen-bond acceptors (Lipinski definition) is 3. The molecule has 0 bridgehead atoms. The Kier molecular flexibility index (Phi) is 6.03. The molecule has 0 unspecified atom stereocenters. The van der Waals surface area contributed by atoms with Gasteiger partial charge >= 0.3 is 0 Å². The van der Waals surface area contributed by atoms with Crippen molar-refractivity contribution < 1.29 is 4.42 Å². The van der Waals surface area contributed by atoms with Gasteiger partial charge in [-0.1, -0.05) is 91.0 Å². The van der Waals surface area contributed by atoms with Gasteiger partial charge in [-0.15, -0.1) is 0 Å². The monoisotopic (exact) mass is 452 g/mol. The van der Waals surface area contributed by atoms with Gasteiger partial charge in [0.2, 0.25) is 5.88 Å². The first kappa shape index (κ1) is 19.6. The van der Waals surface area contributed by atoms with Gasteiger partial charge in [0.05, 0.1) is 0 Å². The first-order valence-corrected chi connectivity index (χ1v) is 10.2. The number of allylic oxidation sites excluding steroid dienone is 1. The molecule has 0 amide bonds. The lowest BCUT2D eigenvalue weighted by Gasteiger charge is -2.03. The van der Waals surface area contributed by atoms with Crippen LogP contribution >= 0.6 is 15.9 Å². The lowest BCUT2D eigenvalue weighted by Crippen LogP contribution is -1.83. The highest BCUT2D eigenvalue weighted by atomic mass is 79.9. The molecule has 30 heavy (non-hydrogen) atoms. The van der Waals surface area contributed by atoms with Crippen molar-refractivity contribution in [3.05, 3.63) is 107 Å². The summed E-state index contributed by atoms with van der Waals surface area (Å²) in [5.41, 5.74) is 4.02. The van der Waals surface area contributed by atoms with Crippen LogP contribution in [-0.2, 0) is 0 Å². The van der Waals surface area contributed by atoms with E-state index >= 15 is 0 Å². The Morgan fingerprint density at radius 3 is 2.00 bits per heavy atom. The van der Waals surface area contributed by atoms with Crippen molar-refractivity contribution in [2.24, 2.45) is 4.99 Å². The molecule has 0 saturated heterocycles. The fourth-order valence-corrected chi connectivity index (χ4v) is 3.52. The summed E-state index contributed by atoms with van der Waals surface area (Å²) in [6, 6.07) is 31.8. The average molecular weight is 453 g/mol. The molecule has 0 saturated carbocycles. The summed E-state index contributed by atoms with van der Waals surface area (Å²) in [6.45, 7) is 0. The molecule has 0 aliphatic rings. The van der Waals surface area contributed by atoms with E-state index < -0.39 is 0 Å². The summed E-state index contributed by atoms with van der Waals surface area (Å²) >= 11 is 3.52. The second kappa shape index (κ2) is 9.21. The van der Waals surface area contributed by atoms with Crippen LogP contribution in [0.15, 0.2) is 105 Å². The summed E-state index contributed by atoms with van der Waals surface area (Å²) in [5.74, 6) is 0.919. The molecule has 4 heteroatoms. The van der Waals surface area contributed by atoms with Crippen LogP contribution in [0.2, 0.25) is 0 Å². The normalized spacial score (nSPS) is 11.5. The van der Waals surface area contributed by atoms with Crippen molar-refractivity contribution in [2.75, 3.05) is 0 Å². The van der Waals surface area contributed by atoms with Gasteiger partial charge in [0, 0.05) is 21.8 Å². The number of nitrogens with zero attached hydrogens (tertiary/aromatic N) is 2. The lowest BCUT2D eigenvalue weighted by atomic mass is 9.98. The van der Waals surface area contributed by atoms with Gasteiger partial charge in [-0.2, -0.15) is 5.26 Å². The molecule has 0 N–H and O–H groups in total. The molecule has 144 valence electrons. The Bertz CT molecular complexity index is 1230. The van der Waals surface area contributed by atoms with Crippen LogP contribution in [0.4, 0.5) is 5.88 Å². The number of hydrogen-bond donors (Lipinski definition) is 0. The zero-order valence-corrected chi connectivity index (χ0v) is 17.6. The largest absolute Gasteiger partial charge is 0.436 e. The summed E-state index contributed by atoms with van der Waals surface area (Å²) in [5, 5.41) is 9.91. The van der Waals surface area contributed by atoms with Crippen molar-refractivity contribution in [3.8, 4) is 28.5 Å². The molecule has 0 atom stereocenters. The highest BCUT2D eigenvalue weighted by molar-refractivity contribution is 9.12. The standard InChI is InChI=1S/C26H17BrN2O/c27-22(16-19-10-4-1-5-11-19)18-29-26-23(17-28)24(20-12-6-2-7-13-20)25(30-26)21-14-8-3-9-15-21/h1-16,18H/b22-16+,29-18?. The fourth-order valence-electron chi connectivity index (χ4n) is 3.15. The molecule has 0 aliphatic carbocycles. The van der Waals surface area contributed by atoms with Crippen LogP contribution in [0, 0.1) is 11.3 Å². The van der Waals surface area contributed by atoms with Crippen LogP contribution < -0.4 is 0 Å². The SMILES string of the molecule is N#Cc1c(N=C/C(Br)=C\c2ccccc2)oc(-c2ccccc2)c1-c1ccccc1. The first-order chi connectivity index (χ1) is 14.8. The smallest absolute Gasteiger partial charge is 0.238 e. The minimum absolute atomic E-state index is 0.286. The van der Waals surface area contributed by atoms with E-state index in [0.717, 1.165) is 26.7 Å². The van der Waals surface area contributed by atoms with Crippen molar-refractivity contribution in [3.63, 3.8) is 0 Å². The maximum atomic E-state index is 9.91. The van der Waals surface area contributed by atoms with E-state index in [1.165, 1.54) is 0 Å². The maximum absolute atomic E-state index is 9.91. The van der Waals surface area contributed by atoms with Gasteiger partial charge in [-0.3, -0.25) is 0 Å². The van der Waals surface area contributed by atoms with E-state index in [9.17, 15) is 5.26 Å². The molecular weight excluding hydrogens is 436 g/mol. The fraction of sp³-hybridized carbons (Fsp3) is 0. The molecule has 0 spiro atoms. The minimum atomic E-state index is 0.286. The molecule has 0 aliphatic heterocycles. The summed E-state index contributed by atoms with van der Waals surface area (Å²) < 4.78 is 6.88. The first-order valence-electron chi connectivity index (χ1n) is 9.40. The molecule has 0 radical (unpaired) electrons. The lowest BCUT2D eigenvalue weighted by molar-refractivity contribution is 0.593. The third-order valence-electron chi connectivity index (χ3n) is 4.51. The van der Waals surface area contributed by atoms with Gasteiger partial charge < -0.3 is 4.42 Å². The number of rotatable bonds is 5. The second-order valence-corrected chi connectivity index (χ2v) is 7.44. The van der Waals surface area contributed by atoms with Crippen LogP contribution in [0.1, 0.15) is 11.1 Å². The van der Waals surface area contributed by atoms with E-state index in [1.54, 1.807) is 6.21 Å². The highest BCUT2D eigenvalue weighted by Crippen LogP contribution is 2.42. The Morgan fingerprint density at radius 2 is 1.40 bits per heavy atom. The van der Waals surface area contributed by atoms with Gasteiger partial charge in [0.15, 0.2) is 0 Å². The van der Waals surface area contributed by atoms with Crippen molar-refractivity contribution in [1.82, 2.24) is 0 Å². The third-order valence-corrected chi connectivity index (χ3v) is 4.94. The molecule has 3 aromatic carbocycles. The van der Waals surface area contributed by atoms with Crippen molar-refractivity contribution >= 4 is 34.1 Å². The zero-order chi connectivity index (χ0) is 20.8. The third kappa shape index (κ3) is 4.32. The second-order valence-electron chi connectivity index (χ2n) is 6.53. The molecule has 4 rings (SSSR count). The average Bonchev–Trinajstić information content (AvgIpc) is 3.18. The Morgan fingerprint density at radius 1 is 0.833 bits per heavy atom. The Labute approximate surface area is 183 Å². The van der Waals surface area contributed by atoms with Gasteiger partial charge in [0.25, 0.3) is 0 Å².